The molecular weight excluding hydrogens is 287 g/mol. The number of nitrogens with one attached hydrogen (secondary N) is 1. The molecule has 1 aromatic rings. The molecule has 1 aromatic carbocycles. The number of alkyl halides is 4. The molecule has 5 heteroatoms. The fourth-order valence-corrected chi connectivity index (χ4v) is 3.17. The SMILES string of the molecule is FC(F)(F)c1cccc(CNCC2(CCl)CCCC2)c1. The summed E-state index contributed by atoms with van der Waals surface area (Å²) in [5, 5.41) is 3.26. The van der Waals surface area contributed by atoms with Crippen molar-refractivity contribution >= 4 is 11.6 Å². The molecule has 0 radical (unpaired) electrons. The van der Waals surface area contributed by atoms with Gasteiger partial charge in [-0.25, -0.2) is 0 Å². The average molecular weight is 306 g/mol. The van der Waals surface area contributed by atoms with Crippen LogP contribution < -0.4 is 5.32 Å². The fourth-order valence-electron chi connectivity index (χ4n) is 2.81. The van der Waals surface area contributed by atoms with Crippen LogP contribution >= 0.6 is 11.6 Å². The molecule has 0 heterocycles. The molecule has 1 aliphatic rings. The summed E-state index contributed by atoms with van der Waals surface area (Å²) in [4.78, 5) is 0. The minimum absolute atomic E-state index is 0.128. The van der Waals surface area contributed by atoms with E-state index in [1.165, 1.54) is 25.0 Å². The van der Waals surface area contributed by atoms with Crippen LogP contribution in [0.25, 0.3) is 0 Å². The maximum atomic E-state index is 12.6. The molecular formula is C15H19ClF3N. The van der Waals surface area contributed by atoms with E-state index in [-0.39, 0.29) is 5.41 Å². The van der Waals surface area contributed by atoms with Gasteiger partial charge < -0.3 is 5.32 Å². The van der Waals surface area contributed by atoms with Gasteiger partial charge in [0.1, 0.15) is 0 Å². The lowest BCUT2D eigenvalue weighted by molar-refractivity contribution is -0.137. The first-order valence-electron chi connectivity index (χ1n) is 6.88. The van der Waals surface area contributed by atoms with E-state index in [0.29, 0.717) is 18.0 Å². The molecule has 1 nitrogen and oxygen atoms in total. The van der Waals surface area contributed by atoms with Gasteiger partial charge in [-0.2, -0.15) is 13.2 Å². The van der Waals surface area contributed by atoms with Crippen LogP contribution in [0.15, 0.2) is 24.3 Å². The first kappa shape index (κ1) is 15.6. The molecule has 112 valence electrons. The van der Waals surface area contributed by atoms with E-state index >= 15 is 0 Å². The molecule has 0 bridgehead atoms. The predicted octanol–water partition coefficient (Wildman–Crippen LogP) is 4.59. The zero-order valence-electron chi connectivity index (χ0n) is 11.3. The van der Waals surface area contributed by atoms with Gasteiger partial charge in [0.2, 0.25) is 0 Å². The molecule has 1 aliphatic carbocycles. The number of halogens is 4. The van der Waals surface area contributed by atoms with Gasteiger partial charge in [-0.15, -0.1) is 11.6 Å². The highest BCUT2D eigenvalue weighted by Gasteiger charge is 2.33. The van der Waals surface area contributed by atoms with Crippen molar-refractivity contribution in [1.82, 2.24) is 5.32 Å². The van der Waals surface area contributed by atoms with Crippen LogP contribution in [0.2, 0.25) is 0 Å². The summed E-state index contributed by atoms with van der Waals surface area (Å²) in [7, 11) is 0. The Hall–Kier alpha value is -0.740. The van der Waals surface area contributed by atoms with Crippen LogP contribution in [0.4, 0.5) is 13.2 Å². The third kappa shape index (κ3) is 3.89. The van der Waals surface area contributed by atoms with Crippen molar-refractivity contribution in [2.24, 2.45) is 5.41 Å². The summed E-state index contributed by atoms with van der Waals surface area (Å²) in [6.07, 6.45) is 0.312. The van der Waals surface area contributed by atoms with Crippen molar-refractivity contribution in [1.29, 1.82) is 0 Å². The standard InChI is InChI=1S/C15H19ClF3N/c16-10-14(6-1-2-7-14)11-20-9-12-4-3-5-13(8-12)15(17,18)19/h3-5,8,20H,1-2,6-7,9-11H2. The lowest BCUT2D eigenvalue weighted by Gasteiger charge is -2.26. The van der Waals surface area contributed by atoms with Crippen LogP contribution in [0.5, 0.6) is 0 Å². The van der Waals surface area contributed by atoms with Crippen molar-refractivity contribution in [3.63, 3.8) is 0 Å². The van der Waals surface area contributed by atoms with Gasteiger partial charge in [0, 0.05) is 19.0 Å². The molecule has 0 unspecified atom stereocenters. The Bertz CT molecular complexity index is 439. The van der Waals surface area contributed by atoms with Crippen LogP contribution in [0.1, 0.15) is 36.8 Å². The maximum Gasteiger partial charge on any atom is 0.416 e. The molecule has 0 spiro atoms. The van der Waals surface area contributed by atoms with Gasteiger partial charge in [-0.05, 0) is 29.9 Å². The van der Waals surface area contributed by atoms with Gasteiger partial charge in [0.25, 0.3) is 0 Å². The van der Waals surface area contributed by atoms with Gasteiger partial charge >= 0.3 is 6.18 Å². The molecule has 20 heavy (non-hydrogen) atoms. The van der Waals surface area contributed by atoms with E-state index in [1.54, 1.807) is 6.07 Å². The second-order valence-corrected chi connectivity index (χ2v) is 5.91. The van der Waals surface area contributed by atoms with E-state index < -0.39 is 11.7 Å². The number of hydrogen-bond donors (Lipinski definition) is 1. The minimum atomic E-state index is -4.28. The van der Waals surface area contributed by atoms with E-state index in [2.05, 4.69) is 5.32 Å². The van der Waals surface area contributed by atoms with Crippen molar-refractivity contribution in [3.05, 3.63) is 35.4 Å². The lowest BCUT2D eigenvalue weighted by atomic mass is 9.88. The van der Waals surface area contributed by atoms with Gasteiger partial charge in [0.05, 0.1) is 5.56 Å². The topological polar surface area (TPSA) is 12.0 Å². The first-order valence-corrected chi connectivity index (χ1v) is 7.41. The Morgan fingerprint density at radius 2 is 1.90 bits per heavy atom. The third-order valence-electron chi connectivity index (χ3n) is 4.03. The molecule has 1 fully saturated rings. The van der Waals surface area contributed by atoms with E-state index in [9.17, 15) is 13.2 Å². The quantitative estimate of drug-likeness (QED) is 0.784. The largest absolute Gasteiger partial charge is 0.416 e. The first-order chi connectivity index (χ1) is 9.45. The third-order valence-corrected chi connectivity index (χ3v) is 4.60. The highest BCUT2D eigenvalue weighted by atomic mass is 35.5. The summed E-state index contributed by atoms with van der Waals surface area (Å²) in [6.45, 7) is 1.22. The number of hydrogen-bond acceptors (Lipinski definition) is 1. The van der Waals surface area contributed by atoms with Crippen molar-refractivity contribution < 1.29 is 13.2 Å². The second-order valence-electron chi connectivity index (χ2n) is 5.64. The smallest absolute Gasteiger partial charge is 0.312 e. The zero-order valence-corrected chi connectivity index (χ0v) is 12.0. The summed E-state index contributed by atoms with van der Waals surface area (Å²) in [5.41, 5.74) is 0.190. The van der Waals surface area contributed by atoms with Crippen molar-refractivity contribution in [2.75, 3.05) is 12.4 Å². The maximum absolute atomic E-state index is 12.6. The van der Waals surface area contributed by atoms with Crippen molar-refractivity contribution in [2.45, 2.75) is 38.4 Å². The lowest BCUT2D eigenvalue weighted by Crippen LogP contribution is -2.33. The fraction of sp³-hybridized carbons (Fsp3) is 0.600. The van der Waals surface area contributed by atoms with Crippen LogP contribution in [0.3, 0.4) is 0 Å². The van der Waals surface area contributed by atoms with Crippen LogP contribution in [-0.4, -0.2) is 12.4 Å². The summed E-state index contributed by atoms with van der Waals surface area (Å²) in [6, 6.07) is 5.47. The highest BCUT2D eigenvalue weighted by molar-refractivity contribution is 6.18. The molecule has 0 aromatic heterocycles. The molecule has 1 N–H and O–H groups in total. The van der Waals surface area contributed by atoms with E-state index in [4.69, 9.17) is 11.6 Å². The Kier molecular flexibility index (Phi) is 4.97. The molecule has 0 aliphatic heterocycles. The average Bonchev–Trinajstić information content (AvgIpc) is 2.88. The van der Waals surface area contributed by atoms with E-state index in [1.807, 2.05) is 0 Å². The summed E-state index contributed by atoms with van der Waals surface area (Å²) in [5.74, 6) is 0.614. The molecule has 1 saturated carbocycles. The van der Waals surface area contributed by atoms with Crippen LogP contribution in [-0.2, 0) is 12.7 Å². The zero-order chi connectivity index (χ0) is 14.6. The molecule has 0 amide bonds. The molecule has 0 atom stereocenters. The Morgan fingerprint density at radius 1 is 1.20 bits per heavy atom. The Balaban J connectivity index is 1.91. The second kappa shape index (κ2) is 6.35. The summed E-state index contributed by atoms with van der Waals surface area (Å²) >= 11 is 6.04. The van der Waals surface area contributed by atoms with Gasteiger partial charge in [-0.1, -0.05) is 31.0 Å². The summed E-state index contributed by atoms with van der Waals surface area (Å²) < 4.78 is 37.8. The predicted molar refractivity (Wildman–Crippen MR) is 74.8 cm³/mol. The van der Waals surface area contributed by atoms with Crippen molar-refractivity contribution in [3.8, 4) is 0 Å². The Morgan fingerprint density at radius 3 is 2.50 bits per heavy atom. The van der Waals surface area contributed by atoms with Crippen LogP contribution in [0, 0.1) is 5.41 Å². The Labute approximate surface area is 122 Å². The minimum Gasteiger partial charge on any atom is -0.312 e. The number of benzene rings is 1. The number of rotatable bonds is 5. The monoisotopic (exact) mass is 305 g/mol. The highest BCUT2D eigenvalue weighted by Crippen LogP contribution is 2.38. The van der Waals surface area contributed by atoms with E-state index in [0.717, 1.165) is 25.5 Å². The molecule has 0 saturated heterocycles. The van der Waals surface area contributed by atoms with Gasteiger partial charge in [-0.3, -0.25) is 0 Å². The molecule has 2 rings (SSSR count). The normalized spacial score (nSPS) is 18.4. The van der Waals surface area contributed by atoms with Gasteiger partial charge in [0.15, 0.2) is 0 Å².